The molecular weight excluding hydrogens is 537 g/mol. The highest BCUT2D eigenvalue weighted by Crippen LogP contribution is 2.39. The Morgan fingerprint density at radius 1 is 1.00 bits per heavy atom. The summed E-state index contributed by atoms with van der Waals surface area (Å²) in [5.74, 6) is 0.850. The molecular formula is C30H23Cl2N3O4. The number of ether oxygens (including phenoxy) is 1. The lowest BCUT2D eigenvalue weighted by molar-refractivity contribution is 0.0514. The minimum absolute atomic E-state index is 0.0938. The van der Waals surface area contributed by atoms with Crippen LogP contribution in [0.2, 0.25) is 10.0 Å². The second-order valence-electron chi connectivity index (χ2n) is 9.05. The number of rotatable bonds is 8. The molecule has 196 valence electrons. The number of halogens is 2. The summed E-state index contributed by atoms with van der Waals surface area (Å²) in [5, 5.41) is 9.30. The number of fused-ring (bicyclic) bond motifs is 1. The fraction of sp³-hybridized carbons (Fsp3) is 0.133. The van der Waals surface area contributed by atoms with E-state index in [1.807, 2.05) is 62.4 Å². The molecule has 3 aromatic carbocycles. The molecule has 0 saturated heterocycles. The summed E-state index contributed by atoms with van der Waals surface area (Å²) in [6, 6.07) is 22.3. The van der Waals surface area contributed by atoms with Crippen LogP contribution in [-0.4, -0.2) is 22.8 Å². The number of hydrogen-bond donors (Lipinski definition) is 0. The predicted octanol–water partition coefficient (Wildman–Crippen LogP) is 8.34. The minimum atomic E-state index is -0.652. The van der Waals surface area contributed by atoms with Gasteiger partial charge >= 0.3 is 5.97 Å². The molecule has 0 aliphatic heterocycles. The molecule has 39 heavy (non-hydrogen) atoms. The van der Waals surface area contributed by atoms with Gasteiger partial charge in [-0.1, -0.05) is 77.7 Å². The zero-order chi connectivity index (χ0) is 27.5. The van der Waals surface area contributed by atoms with Gasteiger partial charge in [-0.25, -0.2) is 9.78 Å². The van der Waals surface area contributed by atoms with Crippen molar-refractivity contribution in [2.24, 2.45) is 5.16 Å². The quantitative estimate of drug-likeness (QED) is 0.108. The van der Waals surface area contributed by atoms with Crippen molar-refractivity contribution >= 4 is 46.8 Å². The number of carbonyl (C=O) groups is 1. The van der Waals surface area contributed by atoms with Gasteiger partial charge in [-0.3, -0.25) is 0 Å². The van der Waals surface area contributed by atoms with E-state index in [9.17, 15) is 4.79 Å². The van der Waals surface area contributed by atoms with Gasteiger partial charge in [0.25, 0.3) is 0 Å². The van der Waals surface area contributed by atoms with Crippen molar-refractivity contribution in [3.8, 4) is 28.1 Å². The molecule has 0 aliphatic rings. The number of oxime groups is 1. The van der Waals surface area contributed by atoms with Crippen LogP contribution in [0.25, 0.3) is 33.3 Å². The Morgan fingerprint density at radius 2 is 1.72 bits per heavy atom. The van der Waals surface area contributed by atoms with Crippen LogP contribution in [0.5, 0.6) is 5.75 Å². The first-order chi connectivity index (χ1) is 18.9. The number of nitrogens with zero attached hydrogens (tertiary/aromatic N) is 3. The molecule has 0 unspecified atom stereocenters. The second kappa shape index (κ2) is 11.3. The van der Waals surface area contributed by atoms with E-state index in [4.69, 9.17) is 32.5 Å². The van der Waals surface area contributed by atoms with Crippen LogP contribution in [0.15, 0.2) is 82.5 Å². The molecule has 0 amide bonds. The topological polar surface area (TPSA) is 86.8 Å². The highest BCUT2D eigenvalue weighted by Gasteiger charge is 2.23. The van der Waals surface area contributed by atoms with Gasteiger partial charge in [-0.15, -0.1) is 0 Å². The third-order valence-corrected chi connectivity index (χ3v) is 6.79. The normalized spacial score (nSPS) is 11.1. The second-order valence-corrected chi connectivity index (χ2v) is 9.86. The van der Waals surface area contributed by atoms with Gasteiger partial charge in [0.05, 0.1) is 21.1 Å². The molecule has 0 atom stereocenters. The Bertz CT molecular complexity index is 1660. The van der Waals surface area contributed by atoms with Crippen LogP contribution >= 0.6 is 23.2 Å². The van der Waals surface area contributed by atoms with Crippen LogP contribution in [0.1, 0.15) is 41.6 Å². The van der Waals surface area contributed by atoms with Gasteiger partial charge in [0.15, 0.2) is 5.69 Å². The third-order valence-electron chi connectivity index (χ3n) is 6.16. The van der Waals surface area contributed by atoms with E-state index >= 15 is 0 Å². The van der Waals surface area contributed by atoms with Gasteiger partial charge in [0.2, 0.25) is 0 Å². The Hall–Kier alpha value is -4.20. The summed E-state index contributed by atoms with van der Waals surface area (Å²) in [7, 11) is 0. The van der Waals surface area contributed by atoms with E-state index < -0.39 is 5.97 Å². The average Bonchev–Trinajstić information content (AvgIpc) is 3.35. The molecule has 7 nitrogen and oxygen atoms in total. The summed E-state index contributed by atoms with van der Waals surface area (Å²) < 4.78 is 11.8. The average molecular weight is 560 g/mol. The standard InChI is InChI=1S/C30H23Cl2N3O4/c1-17(2)29-22(28(35-38-29)27-23(31)5-4-6-24(27)32)16-37-21-11-7-18(8-12-21)19-9-13-25-20(15-19)10-14-26(34-25)30(36)39-33-3/h4-15,17H,3,16H2,1-2H3. The first-order valence-corrected chi connectivity index (χ1v) is 12.9. The molecule has 9 heteroatoms. The number of benzene rings is 3. The lowest BCUT2D eigenvalue weighted by atomic mass is 10.0. The summed E-state index contributed by atoms with van der Waals surface area (Å²) in [5.41, 5.74) is 4.83. The molecule has 0 saturated carbocycles. The van der Waals surface area contributed by atoms with Crippen molar-refractivity contribution in [2.45, 2.75) is 26.4 Å². The van der Waals surface area contributed by atoms with Crippen molar-refractivity contribution < 1.29 is 18.9 Å². The van der Waals surface area contributed by atoms with Crippen molar-refractivity contribution in [1.29, 1.82) is 0 Å². The van der Waals surface area contributed by atoms with Crippen molar-refractivity contribution in [3.05, 3.63) is 99.9 Å². The molecule has 2 aromatic heterocycles. The molecule has 0 bridgehead atoms. The van der Waals surface area contributed by atoms with Crippen LogP contribution in [0.4, 0.5) is 0 Å². The van der Waals surface area contributed by atoms with Gasteiger partial charge in [-0.2, -0.15) is 0 Å². The van der Waals surface area contributed by atoms with Crippen LogP contribution in [0, 0.1) is 0 Å². The predicted molar refractivity (Wildman–Crippen MR) is 153 cm³/mol. The Balaban J connectivity index is 1.36. The Morgan fingerprint density at radius 3 is 2.41 bits per heavy atom. The van der Waals surface area contributed by atoms with Crippen LogP contribution in [0.3, 0.4) is 0 Å². The maximum Gasteiger partial charge on any atom is 0.383 e. The number of aromatic nitrogens is 2. The zero-order valence-electron chi connectivity index (χ0n) is 21.2. The number of hydrogen-bond acceptors (Lipinski definition) is 7. The Kier molecular flexibility index (Phi) is 7.63. The van der Waals surface area contributed by atoms with Crippen LogP contribution < -0.4 is 4.74 Å². The molecule has 2 heterocycles. The highest BCUT2D eigenvalue weighted by atomic mass is 35.5. The lowest BCUT2D eigenvalue weighted by Gasteiger charge is -2.11. The zero-order valence-corrected chi connectivity index (χ0v) is 22.7. The summed E-state index contributed by atoms with van der Waals surface area (Å²) in [4.78, 5) is 20.8. The highest BCUT2D eigenvalue weighted by molar-refractivity contribution is 6.39. The summed E-state index contributed by atoms with van der Waals surface area (Å²) >= 11 is 12.9. The molecule has 0 radical (unpaired) electrons. The largest absolute Gasteiger partial charge is 0.489 e. The van der Waals surface area contributed by atoms with E-state index in [2.05, 4.69) is 26.9 Å². The van der Waals surface area contributed by atoms with Gasteiger partial charge in [0.1, 0.15) is 23.8 Å². The van der Waals surface area contributed by atoms with Gasteiger partial charge in [0, 0.05) is 23.6 Å². The molecule has 0 spiro atoms. The fourth-order valence-corrected chi connectivity index (χ4v) is 4.84. The summed E-state index contributed by atoms with van der Waals surface area (Å²) in [6.45, 7) is 7.45. The Labute approximate surface area is 235 Å². The van der Waals surface area contributed by atoms with E-state index in [1.54, 1.807) is 24.3 Å². The van der Waals surface area contributed by atoms with E-state index in [0.29, 0.717) is 32.6 Å². The molecule has 0 fully saturated rings. The smallest absolute Gasteiger partial charge is 0.383 e. The van der Waals surface area contributed by atoms with Crippen molar-refractivity contribution in [2.75, 3.05) is 0 Å². The molecule has 0 N–H and O–H groups in total. The first-order valence-electron chi connectivity index (χ1n) is 12.1. The van der Waals surface area contributed by atoms with Gasteiger partial charge < -0.3 is 14.1 Å². The van der Waals surface area contributed by atoms with Gasteiger partial charge in [-0.05, 0) is 53.6 Å². The maximum absolute atomic E-state index is 11.9. The van der Waals surface area contributed by atoms with E-state index in [0.717, 1.165) is 27.8 Å². The van der Waals surface area contributed by atoms with Crippen molar-refractivity contribution in [3.63, 3.8) is 0 Å². The SMILES string of the molecule is C=NOC(=O)c1ccc2cc(-c3ccc(OCc4c(-c5c(Cl)cccc5Cl)noc4C(C)C)cc3)ccc2n1. The number of carbonyl (C=O) groups excluding carboxylic acids is 1. The third kappa shape index (κ3) is 5.50. The lowest BCUT2D eigenvalue weighted by Crippen LogP contribution is -2.03. The van der Waals surface area contributed by atoms with E-state index in [1.165, 1.54) is 0 Å². The summed E-state index contributed by atoms with van der Waals surface area (Å²) in [6.07, 6.45) is 0. The molecule has 0 aliphatic carbocycles. The number of pyridine rings is 1. The minimum Gasteiger partial charge on any atom is -0.489 e. The molecule has 5 rings (SSSR count). The van der Waals surface area contributed by atoms with E-state index in [-0.39, 0.29) is 18.2 Å². The maximum atomic E-state index is 11.9. The first kappa shape index (κ1) is 26.4. The monoisotopic (exact) mass is 559 g/mol. The fourth-order valence-electron chi connectivity index (χ4n) is 4.26. The molecule has 5 aromatic rings. The van der Waals surface area contributed by atoms with Crippen molar-refractivity contribution in [1.82, 2.24) is 10.1 Å². The van der Waals surface area contributed by atoms with Crippen LogP contribution in [-0.2, 0) is 11.4 Å².